The molecule has 0 aliphatic carbocycles. The van der Waals surface area contributed by atoms with Crippen LogP contribution in [0, 0.1) is 0 Å². The molecule has 0 aliphatic heterocycles. The largest absolute Gasteiger partial charge is 0.366 e. The topological polar surface area (TPSA) is 72.2 Å². The van der Waals surface area contributed by atoms with Crippen LogP contribution in [0.25, 0.3) is 0 Å². The van der Waals surface area contributed by atoms with Gasteiger partial charge in [-0.15, -0.1) is 11.8 Å². The Bertz CT molecular complexity index is 453. The average Bonchev–Trinajstić information content (AvgIpc) is 2.26. The van der Waals surface area contributed by atoms with Gasteiger partial charge in [-0.1, -0.05) is 26.8 Å². The Morgan fingerprint density at radius 3 is 2.56 bits per heavy atom. The van der Waals surface area contributed by atoms with Gasteiger partial charge in [-0.2, -0.15) is 0 Å². The van der Waals surface area contributed by atoms with E-state index in [2.05, 4.69) is 26.1 Å². The van der Waals surface area contributed by atoms with E-state index in [0.29, 0.717) is 17.0 Å². The van der Waals surface area contributed by atoms with E-state index < -0.39 is 5.91 Å². The quantitative estimate of drug-likeness (QED) is 0.878. The predicted molar refractivity (Wildman–Crippen MR) is 75.8 cm³/mol. The summed E-state index contributed by atoms with van der Waals surface area (Å²) in [6, 6.07) is 6.60. The molecular weight excluding hydrogens is 248 g/mol. The number of carbonyl (C=O) groups is 2. The van der Waals surface area contributed by atoms with Crippen molar-refractivity contribution in [2.75, 3.05) is 11.1 Å². The second kappa shape index (κ2) is 5.91. The van der Waals surface area contributed by atoms with Crippen molar-refractivity contribution in [2.45, 2.75) is 25.5 Å². The molecule has 0 bridgehead atoms. The predicted octanol–water partition coefficient (Wildman–Crippen LogP) is 2.26. The van der Waals surface area contributed by atoms with Crippen LogP contribution in [0.2, 0.25) is 0 Å². The Balaban J connectivity index is 2.59. The summed E-state index contributed by atoms with van der Waals surface area (Å²) in [5, 5.41) is 2.74. The van der Waals surface area contributed by atoms with Crippen molar-refractivity contribution >= 4 is 29.3 Å². The number of rotatable bonds is 4. The number of nitrogens with two attached hydrogens (primary N) is 1. The summed E-state index contributed by atoms with van der Waals surface area (Å²) < 4.78 is 0.0480. The fourth-order valence-electron chi connectivity index (χ4n) is 1.23. The van der Waals surface area contributed by atoms with Crippen molar-refractivity contribution in [1.82, 2.24) is 0 Å². The van der Waals surface area contributed by atoms with E-state index in [-0.39, 0.29) is 10.7 Å². The molecule has 1 aromatic carbocycles. The second-order valence-electron chi connectivity index (χ2n) is 4.89. The monoisotopic (exact) mass is 266 g/mol. The van der Waals surface area contributed by atoms with E-state index in [9.17, 15) is 9.59 Å². The van der Waals surface area contributed by atoms with Gasteiger partial charge in [0.1, 0.15) is 0 Å². The smallest absolute Gasteiger partial charge is 0.248 e. The molecule has 3 N–H and O–H groups in total. The minimum atomic E-state index is -0.504. The number of amides is 2. The first-order chi connectivity index (χ1) is 8.28. The first kappa shape index (κ1) is 14.6. The molecule has 0 unspecified atom stereocenters. The van der Waals surface area contributed by atoms with Gasteiger partial charge in [-0.05, 0) is 18.2 Å². The molecule has 0 spiro atoms. The molecule has 0 aromatic heterocycles. The molecule has 4 nitrogen and oxygen atoms in total. The van der Waals surface area contributed by atoms with E-state index in [1.807, 2.05) is 0 Å². The number of carbonyl (C=O) groups excluding carboxylic acids is 2. The number of thioether (sulfide) groups is 1. The van der Waals surface area contributed by atoms with E-state index in [0.717, 1.165) is 0 Å². The maximum absolute atomic E-state index is 11.7. The first-order valence-electron chi connectivity index (χ1n) is 5.61. The number of hydrogen-bond acceptors (Lipinski definition) is 3. The summed E-state index contributed by atoms with van der Waals surface area (Å²) in [6.45, 7) is 6.16. The van der Waals surface area contributed by atoms with Crippen LogP contribution in [0.1, 0.15) is 31.1 Å². The highest BCUT2D eigenvalue weighted by Gasteiger charge is 2.13. The van der Waals surface area contributed by atoms with Gasteiger partial charge < -0.3 is 11.1 Å². The second-order valence-corrected chi connectivity index (χ2v) is 6.70. The molecule has 98 valence electrons. The molecule has 5 heteroatoms. The first-order valence-corrected chi connectivity index (χ1v) is 6.60. The zero-order valence-corrected chi connectivity index (χ0v) is 11.6. The lowest BCUT2D eigenvalue weighted by Gasteiger charge is -2.17. The molecule has 0 fully saturated rings. The van der Waals surface area contributed by atoms with Crippen molar-refractivity contribution in [3.63, 3.8) is 0 Å². The summed E-state index contributed by atoms with van der Waals surface area (Å²) in [6.07, 6.45) is 0. The van der Waals surface area contributed by atoms with Gasteiger partial charge >= 0.3 is 0 Å². The Morgan fingerprint density at radius 1 is 1.33 bits per heavy atom. The molecule has 0 saturated carbocycles. The van der Waals surface area contributed by atoms with Crippen LogP contribution in [0.15, 0.2) is 24.3 Å². The molecule has 2 amide bonds. The lowest BCUT2D eigenvalue weighted by atomic mass is 10.2. The van der Waals surface area contributed by atoms with Gasteiger partial charge in [-0.3, -0.25) is 9.59 Å². The van der Waals surface area contributed by atoms with Gasteiger partial charge in [0.15, 0.2) is 0 Å². The van der Waals surface area contributed by atoms with Crippen molar-refractivity contribution in [1.29, 1.82) is 0 Å². The molecule has 0 saturated heterocycles. The Kier molecular flexibility index (Phi) is 4.78. The highest BCUT2D eigenvalue weighted by Crippen LogP contribution is 2.23. The Morgan fingerprint density at radius 2 is 2.00 bits per heavy atom. The zero-order valence-electron chi connectivity index (χ0n) is 10.8. The fourth-order valence-corrected chi connectivity index (χ4v) is 1.87. The SMILES string of the molecule is CC(C)(C)SCC(=O)Nc1cccc(C(N)=O)c1. The molecule has 18 heavy (non-hydrogen) atoms. The number of hydrogen-bond donors (Lipinski definition) is 2. The van der Waals surface area contributed by atoms with Crippen LogP contribution >= 0.6 is 11.8 Å². The minimum absolute atomic E-state index is 0.0480. The molecule has 0 radical (unpaired) electrons. The normalized spacial score (nSPS) is 11.1. The Hall–Kier alpha value is -1.49. The summed E-state index contributed by atoms with van der Waals surface area (Å²) >= 11 is 1.57. The summed E-state index contributed by atoms with van der Waals surface area (Å²) in [5.41, 5.74) is 6.15. The minimum Gasteiger partial charge on any atom is -0.366 e. The molecule has 0 aliphatic rings. The standard InChI is InChI=1S/C13H18N2O2S/c1-13(2,3)18-8-11(16)15-10-6-4-5-9(7-10)12(14)17/h4-7H,8H2,1-3H3,(H2,14,17)(H,15,16). The number of nitrogens with one attached hydrogen (secondary N) is 1. The van der Waals surface area contributed by atoms with Crippen LogP contribution in [0.3, 0.4) is 0 Å². The molecule has 0 heterocycles. The fraction of sp³-hybridized carbons (Fsp3) is 0.385. The van der Waals surface area contributed by atoms with Gasteiger partial charge in [0, 0.05) is 16.0 Å². The third kappa shape index (κ3) is 5.23. The zero-order chi connectivity index (χ0) is 13.8. The van der Waals surface area contributed by atoms with E-state index >= 15 is 0 Å². The van der Waals surface area contributed by atoms with Crippen molar-refractivity contribution < 1.29 is 9.59 Å². The van der Waals surface area contributed by atoms with E-state index in [1.165, 1.54) is 0 Å². The lowest BCUT2D eigenvalue weighted by molar-refractivity contribution is -0.113. The van der Waals surface area contributed by atoms with Crippen LogP contribution in [-0.2, 0) is 4.79 Å². The van der Waals surface area contributed by atoms with Gasteiger partial charge in [0.05, 0.1) is 5.75 Å². The third-order valence-corrected chi connectivity index (χ3v) is 3.34. The highest BCUT2D eigenvalue weighted by molar-refractivity contribution is 8.01. The van der Waals surface area contributed by atoms with Crippen LogP contribution < -0.4 is 11.1 Å². The number of anilines is 1. The lowest BCUT2D eigenvalue weighted by Crippen LogP contribution is -2.19. The molecule has 1 rings (SSSR count). The van der Waals surface area contributed by atoms with Crippen LogP contribution in [0.4, 0.5) is 5.69 Å². The van der Waals surface area contributed by atoms with Crippen molar-refractivity contribution in [2.24, 2.45) is 5.73 Å². The maximum atomic E-state index is 11.7. The van der Waals surface area contributed by atoms with Crippen molar-refractivity contribution in [3.05, 3.63) is 29.8 Å². The maximum Gasteiger partial charge on any atom is 0.248 e. The average molecular weight is 266 g/mol. The van der Waals surface area contributed by atoms with Crippen LogP contribution in [-0.4, -0.2) is 22.3 Å². The van der Waals surface area contributed by atoms with Crippen LogP contribution in [0.5, 0.6) is 0 Å². The summed E-state index contributed by atoms with van der Waals surface area (Å²) in [5.74, 6) is -0.212. The van der Waals surface area contributed by atoms with Gasteiger partial charge in [0.2, 0.25) is 11.8 Å². The van der Waals surface area contributed by atoms with Gasteiger partial charge in [0.25, 0.3) is 0 Å². The Labute approximate surface area is 111 Å². The van der Waals surface area contributed by atoms with E-state index in [4.69, 9.17) is 5.73 Å². The summed E-state index contributed by atoms with van der Waals surface area (Å²) in [7, 11) is 0. The summed E-state index contributed by atoms with van der Waals surface area (Å²) in [4.78, 5) is 22.7. The van der Waals surface area contributed by atoms with E-state index in [1.54, 1.807) is 36.0 Å². The molecular formula is C13H18N2O2S. The third-order valence-electron chi connectivity index (χ3n) is 2.07. The van der Waals surface area contributed by atoms with Crippen molar-refractivity contribution in [3.8, 4) is 0 Å². The number of benzene rings is 1. The molecule has 0 atom stereocenters. The molecule has 1 aromatic rings. The number of primary amides is 1. The highest BCUT2D eigenvalue weighted by atomic mass is 32.2. The van der Waals surface area contributed by atoms with Gasteiger partial charge in [-0.25, -0.2) is 0 Å².